The van der Waals surface area contributed by atoms with Gasteiger partial charge in [0.15, 0.2) is 0 Å². The molecular weight excluding hydrogens is 262 g/mol. The Labute approximate surface area is 97.3 Å². The zero-order chi connectivity index (χ0) is 10.6. The normalized spacial score (nSPS) is 15.4. The molecule has 4 heteroatoms. The molecule has 0 saturated carbocycles. The maximum Gasteiger partial charge on any atom is 0.0701 e. The van der Waals surface area contributed by atoms with E-state index >= 15 is 0 Å². The smallest absolute Gasteiger partial charge is 0.0701 e. The van der Waals surface area contributed by atoms with Crippen LogP contribution in [-0.4, -0.2) is 18.3 Å². The van der Waals surface area contributed by atoms with Gasteiger partial charge in [0, 0.05) is 16.8 Å². The van der Waals surface area contributed by atoms with E-state index in [1.165, 1.54) is 4.88 Å². The van der Waals surface area contributed by atoms with Gasteiger partial charge in [0.2, 0.25) is 0 Å². The van der Waals surface area contributed by atoms with Crippen LogP contribution in [0.4, 0.5) is 0 Å². The van der Waals surface area contributed by atoms with Gasteiger partial charge in [-0.25, -0.2) is 0 Å². The molecule has 1 rings (SSSR count). The molecule has 0 amide bonds. The Bertz CT molecular complexity index is 275. The Morgan fingerprint density at radius 1 is 1.57 bits per heavy atom. The summed E-state index contributed by atoms with van der Waals surface area (Å²) in [6.45, 7) is 2.77. The summed E-state index contributed by atoms with van der Waals surface area (Å²) in [5.41, 5.74) is 5.58. The summed E-state index contributed by atoms with van der Waals surface area (Å²) in [6, 6.07) is 4.12. The Kier molecular flexibility index (Phi) is 4.57. The molecule has 1 atom stereocenters. The van der Waals surface area contributed by atoms with E-state index in [0.29, 0.717) is 6.54 Å². The van der Waals surface area contributed by atoms with Gasteiger partial charge >= 0.3 is 0 Å². The van der Waals surface area contributed by atoms with E-state index in [2.05, 4.69) is 28.9 Å². The van der Waals surface area contributed by atoms with Crippen LogP contribution in [0.25, 0.3) is 0 Å². The number of nitrogens with two attached hydrogens (primary N) is 1. The minimum Gasteiger partial charge on any atom is -0.396 e. The van der Waals surface area contributed by atoms with E-state index in [0.717, 1.165) is 16.6 Å². The van der Waals surface area contributed by atoms with Crippen molar-refractivity contribution >= 4 is 27.3 Å². The van der Waals surface area contributed by atoms with Crippen LogP contribution in [0.2, 0.25) is 0 Å². The summed E-state index contributed by atoms with van der Waals surface area (Å²) in [5.74, 6) is 0. The second kappa shape index (κ2) is 5.26. The van der Waals surface area contributed by atoms with Gasteiger partial charge in [0.25, 0.3) is 0 Å². The maximum atomic E-state index is 9.36. The lowest BCUT2D eigenvalue weighted by Gasteiger charge is -2.28. The van der Waals surface area contributed by atoms with Crippen molar-refractivity contribution in [3.05, 3.63) is 20.8 Å². The first-order valence-corrected chi connectivity index (χ1v) is 6.32. The fourth-order valence-electron chi connectivity index (χ4n) is 1.39. The van der Waals surface area contributed by atoms with Crippen LogP contribution in [0.1, 0.15) is 18.2 Å². The highest BCUT2D eigenvalue weighted by molar-refractivity contribution is 9.11. The second-order valence-electron chi connectivity index (χ2n) is 3.60. The van der Waals surface area contributed by atoms with Crippen molar-refractivity contribution in [1.29, 1.82) is 0 Å². The number of hydrogen-bond donors (Lipinski definition) is 2. The van der Waals surface area contributed by atoms with E-state index in [1.807, 2.05) is 6.07 Å². The molecule has 80 valence electrons. The topological polar surface area (TPSA) is 46.2 Å². The molecule has 2 nitrogen and oxygen atoms in total. The number of halogens is 1. The van der Waals surface area contributed by atoms with Crippen LogP contribution in [-0.2, 0) is 6.42 Å². The van der Waals surface area contributed by atoms with Gasteiger partial charge in [-0.1, -0.05) is 6.92 Å². The van der Waals surface area contributed by atoms with Crippen molar-refractivity contribution in [3.8, 4) is 0 Å². The highest BCUT2D eigenvalue weighted by Gasteiger charge is 2.26. The molecule has 0 aliphatic carbocycles. The third kappa shape index (κ3) is 2.79. The monoisotopic (exact) mass is 277 g/mol. The lowest BCUT2D eigenvalue weighted by molar-refractivity contribution is 0.128. The van der Waals surface area contributed by atoms with Crippen LogP contribution < -0.4 is 5.73 Å². The fourth-order valence-corrected chi connectivity index (χ4v) is 3.05. The summed E-state index contributed by atoms with van der Waals surface area (Å²) < 4.78 is 1.13. The summed E-state index contributed by atoms with van der Waals surface area (Å²) in [5, 5.41) is 9.36. The van der Waals surface area contributed by atoms with Gasteiger partial charge < -0.3 is 10.8 Å². The molecular formula is C10H16BrNOS. The van der Waals surface area contributed by atoms with Crippen molar-refractivity contribution in [2.75, 3.05) is 13.2 Å². The molecule has 1 unspecified atom stereocenters. The van der Waals surface area contributed by atoms with Gasteiger partial charge in [0.05, 0.1) is 10.4 Å². The predicted molar refractivity (Wildman–Crippen MR) is 64.6 cm³/mol. The molecule has 0 bridgehead atoms. The molecule has 3 N–H and O–H groups in total. The largest absolute Gasteiger partial charge is 0.396 e. The van der Waals surface area contributed by atoms with Gasteiger partial charge in [-0.15, -0.1) is 11.3 Å². The summed E-state index contributed by atoms with van der Waals surface area (Å²) >= 11 is 5.14. The van der Waals surface area contributed by atoms with E-state index < -0.39 is 0 Å². The predicted octanol–water partition coefficient (Wildman–Crippen LogP) is 2.40. The third-order valence-corrected chi connectivity index (χ3v) is 4.32. The molecule has 0 aliphatic rings. The molecule has 1 aromatic heterocycles. The van der Waals surface area contributed by atoms with Crippen LogP contribution in [0.3, 0.4) is 0 Å². The summed E-state index contributed by atoms with van der Waals surface area (Å²) in [7, 11) is 0. The van der Waals surface area contributed by atoms with Crippen molar-refractivity contribution in [2.24, 2.45) is 11.1 Å². The van der Waals surface area contributed by atoms with Crippen molar-refractivity contribution in [3.63, 3.8) is 0 Å². The highest BCUT2D eigenvalue weighted by Crippen LogP contribution is 2.30. The lowest BCUT2D eigenvalue weighted by Crippen LogP contribution is -2.35. The quantitative estimate of drug-likeness (QED) is 0.868. The number of hydrogen-bond acceptors (Lipinski definition) is 3. The van der Waals surface area contributed by atoms with Crippen molar-refractivity contribution < 1.29 is 5.11 Å². The Balaban J connectivity index is 2.73. The minimum atomic E-state index is -0.135. The lowest BCUT2D eigenvalue weighted by atomic mass is 9.82. The SMILES string of the molecule is CCC(CN)(CO)Cc1ccc(Br)s1. The van der Waals surface area contributed by atoms with Gasteiger partial charge in [-0.2, -0.15) is 0 Å². The number of thiophene rings is 1. The van der Waals surface area contributed by atoms with Crippen LogP contribution >= 0.6 is 27.3 Å². The van der Waals surface area contributed by atoms with Crippen LogP contribution in [0.15, 0.2) is 15.9 Å². The Morgan fingerprint density at radius 3 is 2.64 bits per heavy atom. The fraction of sp³-hybridized carbons (Fsp3) is 0.600. The van der Waals surface area contributed by atoms with Crippen LogP contribution in [0.5, 0.6) is 0 Å². The van der Waals surface area contributed by atoms with Crippen LogP contribution in [0, 0.1) is 5.41 Å². The van der Waals surface area contributed by atoms with Crippen molar-refractivity contribution in [2.45, 2.75) is 19.8 Å². The maximum absolute atomic E-state index is 9.36. The number of aliphatic hydroxyl groups excluding tert-OH is 1. The highest BCUT2D eigenvalue weighted by atomic mass is 79.9. The summed E-state index contributed by atoms with van der Waals surface area (Å²) in [6.07, 6.45) is 1.78. The van der Waals surface area contributed by atoms with Gasteiger partial charge in [0.1, 0.15) is 0 Å². The Morgan fingerprint density at radius 2 is 2.29 bits per heavy atom. The van der Waals surface area contributed by atoms with E-state index in [4.69, 9.17) is 5.73 Å². The Hall–Kier alpha value is 0.1000. The zero-order valence-corrected chi connectivity index (χ0v) is 10.7. The minimum absolute atomic E-state index is 0.135. The van der Waals surface area contributed by atoms with E-state index in [1.54, 1.807) is 11.3 Å². The molecule has 0 aromatic carbocycles. The third-order valence-electron chi connectivity index (χ3n) is 2.70. The number of aliphatic hydroxyl groups is 1. The molecule has 0 radical (unpaired) electrons. The molecule has 14 heavy (non-hydrogen) atoms. The average molecular weight is 278 g/mol. The van der Waals surface area contributed by atoms with E-state index in [-0.39, 0.29) is 12.0 Å². The standard InChI is InChI=1S/C10H16BrNOS/c1-2-10(6-12,7-13)5-8-3-4-9(11)14-8/h3-4,13H,2,5-7,12H2,1H3. The van der Waals surface area contributed by atoms with Gasteiger partial charge in [-0.3, -0.25) is 0 Å². The van der Waals surface area contributed by atoms with Gasteiger partial charge in [-0.05, 0) is 40.9 Å². The number of rotatable bonds is 5. The first kappa shape index (κ1) is 12.2. The molecule has 1 heterocycles. The molecule has 0 spiro atoms. The van der Waals surface area contributed by atoms with Crippen molar-refractivity contribution in [1.82, 2.24) is 0 Å². The molecule has 0 saturated heterocycles. The first-order chi connectivity index (χ1) is 6.65. The van der Waals surface area contributed by atoms with E-state index in [9.17, 15) is 5.11 Å². The zero-order valence-electron chi connectivity index (χ0n) is 8.29. The molecule has 0 aliphatic heterocycles. The average Bonchev–Trinajstić information content (AvgIpc) is 2.61. The molecule has 0 fully saturated rings. The summed E-state index contributed by atoms with van der Waals surface area (Å²) in [4.78, 5) is 1.28. The first-order valence-electron chi connectivity index (χ1n) is 4.71. The second-order valence-corrected chi connectivity index (χ2v) is 6.15. The molecule has 1 aromatic rings.